The molecule has 3 rings (SSSR count). The van der Waals surface area contributed by atoms with Gasteiger partial charge in [0.25, 0.3) is 0 Å². The number of rotatable bonds is 6. The zero-order chi connectivity index (χ0) is 17.6. The van der Waals surface area contributed by atoms with E-state index in [1.165, 1.54) is 0 Å². The summed E-state index contributed by atoms with van der Waals surface area (Å²) in [7, 11) is 1.61. The molecule has 1 N–H and O–H groups in total. The number of amides is 1. The first-order chi connectivity index (χ1) is 12.1. The second-order valence-corrected chi connectivity index (χ2v) is 5.93. The molecule has 0 bridgehead atoms. The summed E-state index contributed by atoms with van der Waals surface area (Å²) in [6.07, 6.45) is 0.289. The van der Waals surface area contributed by atoms with E-state index < -0.39 is 0 Å². The van der Waals surface area contributed by atoms with Crippen LogP contribution in [0.25, 0.3) is 11.3 Å². The second-order valence-electron chi connectivity index (χ2n) is 5.49. The average molecular weight is 357 g/mol. The quantitative estimate of drug-likeness (QED) is 0.728. The van der Waals surface area contributed by atoms with E-state index in [4.69, 9.17) is 20.9 Å². The first-order valence-corrected chi connectivity index (χ1v) is 8.13. The van der Waals surface area contributed by atoms with Gasteiger partial charge in [-0.15, -0.1) is 0 Å². The molecule has 1 amide bonds. The Labute approximate surface area is 150 Å². The Morgan fingerprint density at radius 1 is 1.20 bits per heavy atom. The van der Waals surface area contributed by atoms with Gasteiger partial charge in [-0.05, 0) is 29.8 Å². The van der Waals surface area contributed by atoms with Crippen LogP contribution in [-0.4, -0.2) is 18.2 Å². The first kappa shape index (κ1) is 17.0. The lowest BCUT2D eigenvalue weighted by molar-refractivity contribution is -0.120. The number of aromatic nitrogens is 1. The van der Waals surface area contributed by atoms with Crippen LogP contribution in [-0.2, 0) is 17.8 Å². The number of methoxy groups -OCH3 is 1. The third-order valence-electron chi connectivity index (χ3n) is 3.66. The molecule has 0 fully saturated rings. The van der Waals surface area contributed by atoms with E-state index in [2.05, 4.69) is 10.5 Å². The maximum Gasteiger partial charge on any atom is 0.224 e. The van der Waals surface area contributed by atoms with Crippen molar-refractivity contribution >= 4 is 17.5 Å². The maximum absolute atomic E-state index is 12.0. The summed E-state index contributed by atoms with van der Waals surface area (Å²) in [6.45, 7) is 0.305. The minimum atomic E-state index is -0.0896. The molecule has 1 heterocycles. The van der Waals surface area contributed by atoms with Gasteiger partial charge >= 0.3 is 0 Å². The molecule has 2 aromatic carbocycles. The highest BCUT2D eigenvalue weighted by Gasteiger charge is 2.09. The molecular formula is C19H17ClN2O3. The summed E-state index contributed by atoms with van der Waals surface area (Å²) in [5.74, 6) is 1.28. The summed E-state index contributed by atoms with van der Waals surface area (Å²) in [5, 5.41) is 7.47. The Bertz CT molecular complexity index is 859. The Morgan fingerprint density at radius 2 is 2.00 bits per heavy atom. The number of benzene rings is 2. The van der Waals surface area contributed by atoms with Crippen LogP contribution in [0.4, 0.5) is 0 Å². The summed E-state index contributed by atoms with van der Waals surface area (Å²) in [5.41, 5.74) is 2.42. The van der Waals surface area contributed by atoms with Gasteiger partial charge in [0.05, 0.1) is 20.1 Å². The van der Waals surface area contributed by atoms with Crippen molar-refractivity contribution in [2.45, 2.75) is 13.0 Å². The molecule has 0 saturated heterocycles. The Balaban J connectivity index is 1.57. The van der Waals surface area contributed by atoms with Crippen molar-refractivity contribution < 1.29 is 14.1 Å². The topological polar surface area (TPSA) is 64.4 Å². The number of nitrogens with one attached hydrogen (secondary N) is 1. The summed E-state index contributed by atoms with van der Waals surface area (Å²) < 4.78 is 10.5. The standard InChI is InChI=1S/C19H17ClN2O3/c1-24-17-4-2-3-14(10-17)18-11-16(22-25-18)12-21-19(23)9-13-5-7-15(20)8-6-13/h2-8,10-11H,9,12H2,1H3,(H,21,23). The zero-order valence-corrected chi connectivity index (χ0v) is 14.4. The highest BCUT2D eigenvalue weighted by atomic mass is 35.5. The SMILES string of the molecule is COc1cccc(-c2cc(CNC(=O)Cc3ccc(Cl)cc3)no2)c1. The predicted molar refractivity (Wildman–Crippen MR) is 95.5 cm³/mol. The minimum Gasteiger partial charge on any atom is -0.497 e. The van der Waals surface area contributed by atoms with E-state index in [9.17, 15) is 4.79 Å². The van der Waals surface area contributed by atoms with Crippen LogP contribution in [0.15, 0.2) is 59.1 Å². The lowest BCUT2D eigenvalue weighted by atomic mass is 10.1. The highest BCUT2D eigenvalue weighted by molar-refractivity contribution is 6.30. The largest absolute Gasteiger partial charge is 0.497 e. The molecule has 3 aromatic rings. The highest BCUT2D eigenvalue weighted by Crippen LogP contribution is 2.24. The number of halogens is 1. The van der Waals surface area contributed by atoms with Crippen molar-refractivity contribution in [2.75, 3.05) is 7.11 Å². The molecular weight excluding hydrogens is 340 g/mol. The number of ether oxygens (including phenoxy) is 1. The third kappa shape index (κ3) is 4.61. The molecule has 5 nitrogen and oxygen atoms in total. The van der Waals surface area contributed by atoms with Crippen LogP contribution >= 0.6 is 11.6 Å². The number of hydrogen-bond donors (Lipinski definition) is 1. The van der Waals surface area contributed by atoms with Crippen molar-refractivity contribution in [3.8, 4) is 17.1 Å². The molecule has 25 heavy (non-hydrogen) atoms. The average Bonchev–Trinajstić information content (AvgIpc) is 3.11. The van der Waals surface area contributed by atoms with Gasteiger partial charge in [-0.25, -0.2) is 0 Å². The van der Waals surface area contributed by atoms with Gasteiger partial charge in [0.2, 0.25) is 5.91 Å². The first-order valence-electron chi connectivity index (χ1n) is 7.75. The van der Waals surface area contributed by atoms with E-state index in [0.717, 1.165) is 16.9 Å². The second kappa shape index (κ2) is 7.85. The fraction of sp³-hybridized carbons (Fsp3) is 0.158. The third-order valence-corrected chi connectivity index (χ3v) is 3.91. The van der Waals surface area contributed by atoms with Crippen LogP contribution in [0.3, 0.4) is 0 Å². The lowest BCUT2D eigenvalue weighted by Crippen LogP contribution is -2.24. The minimum absolute atomic E-state index is 0.0896. The fourth-order valence-corrected chi connectivity index (χ4v) is 2.47. The molecule has 0 spiro atoms. The molecule has 0 unspecified atom stereocenters. The monoisotopic (exact) mass is 356 g/mol. The normalized spacial score (nSPS) is 10.5. The van der Waals surface area contributed by atoms with Gasteiger partial charge < -0.3 is 14.6 Å². The van der Waals surface area contributed by atoms with Gasteiger partial charge in [-0.3, -0.25) is 4.79 Å². The van der Waals surface area contributed by atoms with Gasteiger partial charge in [0.15, 0.2) is 5.76 Å². The van der Waals surface area contributed by atoms with E-state index in [-0.39, 0.29) is 12.3 Å². The molecule has 0 radical (unpaired) electrons. The molecule has 0 aliphatic rings. The molecule has 1 aromatic heterocycles. The van der Waals surface area contributed by atoms with Crippen molar-refractivity contribution in [1.82, 2.24) is 10.5 Å². The van der Waals surface area contributed by atoms with Gasteiger partial charge in [-0.1, -0.05) is 41.0 Å². The molecule has 128 valence electrons. The molecule has 6 heteroatoms. The van der Waals surface area contributed by atoms with Gasteiger partial charge in [-0.2, -0.15) is 0 Å². The molecule has 0 saturated carbocycles. The fourth-order valence-electron chi connectivity index (χ4n) is 2.35. The van der Waals surface area contributed by atoms with Crippen molar-refractivity contribution in [3.05, 3.63) is 70.9 Å². The maximum atomic E-state index is 12.0. The van der Waals surface area contributed by atoms with Gasteiger partial charge in [0.1, 0.15) is 11.4 Å². The molecule has 0 aliphatic heterocycles. The van der Waals surface area contributed by atoms with E-state index >= 15 is 0 Å². The van der Waals surface area contributed by atoms with Crippen molar-refractivity contribution in [2.24, 2.45) is 0 Å². The van der Waals surface area contributed by atoms with E-state index in [1.807, 2.05) is 36.4 Å². The zero-order valence-electron chi connectivity index (χ0n) is 13.7. The van der Waals surface area contributed by atoms with Crippen LogP contribution in [0, 0.1) is 0 Å². The van der Waals surface area contributed by atoms with E-state index in [1.54, 1.807) is 25.3 Å². The number of hydrogen-bond acceptors (Lipinski definition) is 4. The molecule has 0 aliphatic carbocycles. The van der Waals surface area contributed by atoms with Crippen LogP contribution in [0.1, 0.15) is 11.3 Å². The summed E-state index contributed by atoms with van der Waals surface area (Å²) in [6, 6.07) is 16.5. The number of nitrogens with zero attached hydrogens (tertiary/aromatic N) is 1. The Morgan fingerprint density at radius 3 is 2.76 bits per heavy atom. The Hall–Kier alpha value is -2.79. The van der Waals surface area contributed by atoms with Gasteiger partial charge in [0, 0.05) is 16.7 Å². The Kier molecular flexibility index (Phi) is 5.36. The van der Waals surface area contributed by atoms with Crippen LogP contribution in [0.5, 0.6) is 5.75 Å². The predicted octanol–water partition coefficient (Wildman–Crippen LogP) is 3.86. The van der Waals surface area contributed by atoms with Crippen LogP contribution in [0.2, 0.25) is 5.02 Å². The number of carbonyl (C=O) groups is 1. The summed E-state index contributed by atoms with van der Waals surface area (Å²) >= 11 is 5.83. The van der Waals surface area contributed by atoms with E-state index in [0.29, 0.717) is 23.0 Å². The number of carbonyl (C=O) groups excluding carboxylic acids is 1. The van der Waals surface area contributed by atoms with Crippen LogP contribution < -0.4 is 10.1 Å². The molecule has 0 atom stereocenters. The summed E-state index contributed by atoms with van der Waals surface area (Å²) in [4.78, 5) is 12.0. The van der Waals surface area contributed by atoms with Crippen molar-refractivity contribution in [3.63, 3.8) is 0 Å². The lowest BCUT2D eigenvalue weighted by Gasteiger charge is -2.03. The van der Waals surface area contributed by atoms with Crippen molar-refractivity contribution in [1.29, 1.82) is 0 Å². The smallest absolute Gasteiger partial charge is 0.224 e.